The molecule has 0 radical (unpaired) electrons. The number of hydrogen-bond acceptors (Lipinski definition) is 4. The molecule has 0 aliphatic carbocycles. The molecule has 0 unspecified atom stereocenters. The molecule has 170 valence electrons. The molecular formula is C25H33N5O2. The fraction of sp³-hybridized carbons (Fsp3) is 0.360. The van der Waals surface area contributed by atoms with Crippen LogP contribution in [-0.2, 0) is 24.9 Å². The number of benzene rings is 2. The number of aryl methyl sites for hydroxylation is 1. The largest absolute Gasteiger partial charge is 0.497 e. The van der Waals surface area contributed by atoms with Crippen LogP contribution in [0.5, 0.6) is 5.75 Å². The van der Waals surface area contributed by atoms with Crippen molar-refractivity contribution in [2.75, 3.05) is 26.9 Å². The molecule has 0 amide bonds. The second-order valence-electron chi connectivity index (χ2n) is 7.39. The topological polar surface area (TPSA) is 72.7 Å². The van der Waals surface area contributed by atoms with Gasteiger partial charge in [-0.3, -0.25) is 4.68 Å². The Labute approximate surface area is 190 Å². The van der Waals surface area contributed by atoms with E-state index in [0.717, 1.165) is 60.3 Å². The van der Waals surface area contributed by atoms with E-state index in [9.17, 15) is 0 Å². The second-order valence-corrected chi connectivity index (χ2v) is 7.39. The summed E-state index contributed by atoms with van der Waals surface area (Å²) in [4.78, 5) is 4.78. The van der Waals surface area contributed by atoms with Crippen LogP contribution in [0.2, 0.25) is 0 Å². The van der Waals surface area contributed by atoms with Crippen molar-refractivity contribution in [3.8, 4) is 17.0 Å². The average molecular weight is 436 g/mol. The van der Waals surface area contributed by atoms with Crippen LogP contribution in [-0.4, -0.2) is 42.6 Å². The lowest BCUT2D eigenvalue weighted by Crippen LogP contribution is -2.37. The Hall–Kier alpha value is -3.32. The van der Waals surface area contributed by atoms with Gasteiger partial charge in [-0.2, -0.15) is 5.10 Å². The summed E-state index contributed by atoms with van der Waals surface area (Å²) >= 11 is 0. The molecule has 0 spiro atoms. The summed E-state index contributed by atoms with van der Waals surface area (Å²) in [7, 11) is 3.62. The third-order valence-electron chi connectivity index (χ3n) is 4.94. The summed E-state index contributed by atoms with van der Waals surface area (Å²) in [5.74, 6) is 1.61. The lowest BCUT2D eigenvalue weighted by Gasteiger charge is -2.13. The zero-order chi connectivity index (χ0) is 22.6. The van der Waals surface area contributed by atoms with Gasteiger partial charge in [0.1, 0.15) is 5.75 Å². The second kappa shape index (κ2) is 12.5. The molecule has 0 aliphatic rings. The Bertz CT molecular complexity index is 968. The van der Waals surface area contributed by atoms with Crippen LogP contribution in [0.25, 0.3) is 11.3 Å². The van der Waals surface area contributed by atoms with Crippen LogP contribution < -0.4 is 15.4 Å². The van der Waals surface area contributed by atoms with Gasteiger partial charge in [0.05, 0.1) is 19.3 Å². The van der Waals surface area contributed by atoms with Crippen LogP contribution in [0.15, 0.2) is 65.8 Å². The van der Waals surface area contributed by atoms with Gasteiger partial charge in [0.25, 0.3) is 0 Å². The molecule has 2 aromatic carbocycles. The molecule has 0 aliphatic heterocycles. The average Bonchev–Trinajstić information content (AvgIpc) is 3.21. The van der Waals surface area contributed by atoms with Gasteiger partial charge in [-0.1, -0.05) is 42.5 Å². The van der Waals surface area contributed by atoms with Crippen molar-refractivity contribution in [3.63, 3.8) is 0 Å². The number of ether oxygens (including phenoxy) is 2. The Morgan fingerprint density at radius 3 is 2.56 bits per heavy atom. The molecule has 2 N–H and O–H groups in total. The molecule has 3 aromatic rings. The molecule has 0 fully saturated rings. The Balaban J connectivity index is 1.68. The van der Waals surface area contributed by atoms with Crippen LogP contribution in [0.3, 0.4) is 0 Å². The van der Waals surface area contributed by atoms with Crippen LogP contribution >= 0.6 is 0 Å². The molecule has 0 bridgehead atoms. The molecule has 0 saturated heterocycles. The highest BCUT2D eigenvalue weighted by Crippen LogP contribution is 2.21. The predicted octanol–water partition coefficient (Wildman–Crippen LogP) is 3.76. The van der Waals surface area contributed by atoms with E-state index in [0.29, 0.717) is 13.1 Å². The third-order valence-corrected chi connectivity index (χ3v) is 4.94. The monoisotopic (exact) mass is 435 g/mol. The molecule has 1 heterocycles. The Morgan fingerprint density at radius 2 is 1.84 bits per heavy atom. The van der Waals surface area contributed by atoms with Crippen molar-refractivity contribution in [3.05, 3.63) is 71.9 Å². The predicted molar refractivity (Wildman–Crippen MR) is 129 cm³/mol. The van der Waals surface area contributed by atoms with E-state index in [-0.39, 0.29) is 0 Å². The molecule has 7 nitrogen and oxygen atoms in total. The summed E-state index contributed by atoms with van der Waals surface area (Å²) in [6.07, 6.45) is 2.96. The lowest BCUT2D eigenvalue weighted by atomic mass is 10.1. The minimum absolute atomic E-state index is 0.573. The number of aromatic nitrogens is 2. The van der Waals surface area contributed by atoms with Crippen molar-refractivity contribution < 1.29 is 9.47 Å². The van der Waals surface area contributed by atoms with E-state index in [1.54, 1.807) is 7.11 Å². The summed E-state index contributed by atoms with van der Waals surface area (Å²) in [5.41, 5.74) is 4.32. The highest BCUT2D eigenvalue weighted by molar-refractivity contribution is 5.80. The highest BCUT2D eigenvalue weighted by atomic mass is 16.5. The van der Waals surface area contributed by atoms with Gasteiger partial charge < -0.3 is 20.1 Å². The van der Waals surface area contributed by atoms with Crippen LogP contribution in [0.4, 0.5) is 0 Å². The maximum Gasteiger partial charge on any atom is 0.191 e. The number of guanidine groups is 1. The number of rotatable bonds is 11. The molecular weight excluding hydrogens is 402 g/mol. The van der Waals surface area contributed by atoms with Gasteiger partial charge in [0, 0.05) is 50.7 Å². The smallest absolute Gasteiger partial charge is 0.191 e. The first kappa shape index (κ1) is 23.3. The summed E-state index contributed by atoms with van der Waals surface area (Å²) < 4.78 is 12.5. The van der Waals surface area contributed by atoms with Gasteiger partial charge in [-0.15, -0.1) is 0 Å². The fourth-order valence-electron chi connectivity index (χ4n) is 3.29. The van der Waals surface area contributed by atoms with Crippen molar-refractivity contribution >= 4 is 5.96 Å². The minimum atomic E-state index is 0.573. The fourth-order valence-corrected chi connectivity index (χ4v) is 3.29. The first-order valence-electron chi connectivity index (χ1n) is 11.0. The zero-order valence-electron chi connectivity index (χ0n) is 19.2. The van der Waals surface area contributed by atoms with E-state index in [4.69, 9.17) is 14.5 Å². The zero-order valence-corrected chi connectivity index (χ0v) is 19.2. The standard InChI is InChI=1S/C25H33N5O2/c1-4-32-16-8-15-26-25(27-17-20-11-13-23(31-3)14-12-20)28-18-22-19-30(2)29-24(22)21-9-6-5-7-10-21/h5-7,9-14,19H,4,8,15-18H2,1-3H3,(H2,26,27,28). The molecule has 7 heteroatoms. The number of aliphatic imine (C=N–C) groups is 1. The number of nitrogens with zero attached hydrogens (tertiary/aromatic N) is 3. The van der Waals surface area contributed by atoms with Crippen molar-refractivity contribution in [2.45, 2.75) is 26.4 Å². The van der Waals surface area contributed by atoms with Gasteiger partial charge in [-0.25, -0.2) is 4.99 Å². The first-order valence-corrected chi connectivity index (χ1v) is 11.0. The van der Waals surface area contributed by atoms with Crippen molar-refractivity contribution in [1.82, 2.24) is 20.4 Å². The number of hydrogen-bond donors (Lipinski definition) is 2. The highest BCUT2D eigenvalue weighted by Gasteiger charge is 2.10. The summed E-state index contributed by atoms with van der Waals surface area (Å²) in [6, 6.07) is 18.2. The van der Waals surface area contributed by atoms with E-state index in [1.165, 1.54) is 0 Å². The number of methoxy groups -OCH3 is 1. The summed E-state index contributed by atoms with van der Waals surface area (Å²) in [5, 5.41) is 11.5. The molecule has 32 heavy (non-hydrogen) atoms. The van der Waals surface area contributed by atoms with Gasteiger partial charge in [0.2, 0.25) is 0 Å². The van der Waals surface area contributed by atoms with Gasteiger partial charge >= 0.3 is 0 Å². The maximum absolute atomic E-state index is 5.44. The molecule has 0 saturated carbocycles. The Morgan fingerprint density at radius 1 is 1.06 bits per heavy atom. The van der Waals surface area contributed by atoms with Crippen molar-refractivity contribution in [1.29, 1.82) is 0 Å². The maximum atomic E-state index is 5.44. The number of nitrogens with one attached hydrogen (secondary N) is 2. The summed E-state index contributed by atoms with van der Waals surface area (Å²) in [6.45, 7) is 5.46. The molecule has 0 atom stereocenters. The SMILES string of the molecule is CCOCCCNC(=NCc1ccc(OC)cc1)NCc1cn(C)nc1-c1ccccc1. The molecule has 3 rings (SSSR count). The minimum Gasteiger partial charge on any atom is -0.497 e. The van der Waals surface area contributed by atoms with Crippen LogP contribution in [0, 0.1) is 0 Å². The van der Waals surface area contributed by atoms with E-state index in [2.05, 4.69) is 27.9 Å². The molecule has 1 aromatic heterocycles. The van der Waals surface area contributed by atoms with E-state index >= 15 is 0 Å². The Kier molecular flexibility index (Phi) is 9.13. The van der Waals surface area contributed by atoms with Gasteiger partial charge in [0.15, 0.2) is 5.96 Å². The quantitative estimate of drug-likeness (QED) is 0.273. The van der Waals surface area contributed by atoms with Gasteiger partial charge in [-0.05, 0) is 31.0 Å². The van der Waals surface area contributed by atoms with E-state index in [1.807, 2.05) is 67.3 Å². The van der Waals surface area contributed by atoms with E-state index < -0.39 is 0 Å². The normalized spacial score (nSPS) is 11.4. The van der Waals surface area contributed by atoms with Crippen molar-refractivity contribution in [2.24, 2.45) is 12.0 Å². The first-order chi connectivity index (χ1) is 15.7. The van der Waals surface area contributed by atoms with Crippen LogP contribution in [0.1, 0.15) is 24.5 Å². The third kappa shape index (κ3) is 7.13. The lowest BCUT2D eigenvalue weighted by molar-refractivity contribution is 0.145.